The number of carbonyl (C=O) groups is 4. The molecule has 280 valence electrons. The molecular weight excluding hydrogens is 681 g/mol. The van der Waals surface area contributed by atoms with Crippen molar-refractivity contribution in [1.29, 1.82) is 0 Å². The lowest BCUT2D eigenvalue weighted by atomic mass is 10.0. The zero-order valence-electron chi connectivity index (χ0n) is 30.5. The maximum absolute atomic E-state index is 14.1. The van der Waals surface area contributed by atoms with Gasteiger partial charge in [-0.25, -0.2) is 4.98 Å². The van der Waals surface area contributed by atoms with Gasteiger partial charge in [0.1, 0.15) is 17.8 Å². The number of benzene rings is 2. The predicted molar refractivity (Wildman–Crippen MR) is 200 cm³/mol. The molecular formula is C40H52N4O7S. The van der Waals surface area contributed by atoms with Crippen molar-refractivity contribution in [3.05, 3.63) is 70.4 Å². The summed E-state index contributed by atoms with van der Waals surface area (Å²) < 4.78 is 6.32. The molecule has 3 N–H and O–H groups in total. The first kappa shape index (κ1) is 38.9. The maximum Gasteiger partial charge on any atom is 0.303 e. The number of aromatic nitrogens is 1. The number of likely N-dealkylation sites (tertiary alicyclic amines) is 1. The Kier molecular flexibility index (Phi) is 13.8. The first-order chi connectivity index (χ1) is 25.0. The zero-order valence-corrected chi connectivity index (χ0v) is 31.3. The van der Waals surface area contributed by atoms with Gasteiger partial charge in [-0.3, -0.25) is 19.2 Å². The molecule has 11 nitrogen and oxygen atoms in total. The van der Waals surface area contributed by atoms with Crippen molar-refractivity contribution in [2.45, 2.75) is 116 Å². The highest BCUT2D eigenvalue weighted by Crippen LogP contribution is 2.33. The normalized spacial score (nSPS) is 17.4. The van der Waals surface area contributed by atoms with E-state index in [2.05, 4.69) is 10.3 Å². The van der Waals surface area contributed by atoms with Crippen LogP contribution in [-0.2, 0) is 27.5 Å². The number of hydrogen-bond donors (Lipinski definition) is 3. The Morgan fingerprint density at radius 2 is 1.73 bits per heavy atom. The van der Waals surface area contributed by atoms with E-state index in [0.29, 0.717) is 24.5 Å². The Morgan fingerprint density at radius 1 is 1.02 bits per heavy atom. The Balaban J connectivity index is 1.20. The van der Waals surface area contributed by atoms with Crippen molar-refractivity contribution in [1.82, 2.24) is 20.1 Å². The van der Waals surface area contributed by atoms with Gasteiger partial charge in [0, 0.05) is 43.6 Å². The fraction of sp³-hybridized carbons (Fsp3) is 0.525. The summed E-state index contributed by atoms with van der Waals surface area (Å²) in [5.74, 6) is -1.15. The molecule has 3 atom stereocenters. The van der Waals surface area contributed by atoms with Gasteiger partial charge in [-0.1, -0.05) is 82.7 Å². The third-order valence-corrected chi connectivity index (χ3v) is 11.0. The number of amides is 3. The molecule has 52 heavy (non-hydrogen) atoms. The number of rotatable bonds is 19. The van der Waals surface area contributed by atoms with Crippen LogP contribution >= 0.6 is 11.3 Å². The molecule has 0 saturated carbocycles. The van der Waals surface area contributed by atoms with Gasteiger partial charge in [-0.15, -0.1) is 11.3 Å². The minimum Gasteiger partial charge on any atom is -0.493 e. The van der Waals surface area contributed by atoms with E-state index in [1.165, 1.54) is 4.90 Å². The van der Waals surface area contributed by atoms with Crippen molar-refractivity contribution in [2.24, 2.45) is 5.92 Å². The Hall–Kier alpha value is -4.29. The molecule has 2 aromatic carbocycles. The second-order valence-electron chi connectivity index (χ2n) is 14.3. The Labute approximate surface area is 310 Å². The Bertz CT molecular complexity index is 1710. The molecule has 0 radical (unpaired) electrons. The minimum absolute atomic E-state index is 0.0249. The average Bonchev–Trinajstić information content (AvgIpc) is 3.82. The quantitative estimate of drug-likeness (QED) is 0.121. The number of fused-ring (bicyclic) bond motifs is 1. The third-order valence-electron chi connectivity index (χ3n) is 10.0. The summed E-state index contributed by atoms with van der Waals surface area (Å²) >= 11 is 1.56. The summed E-state index contributed by atoms with van der Waals surface area (Å²) in [6, 6.07) is 11.7. The number of nitrogens with zero attached hydrogens (tertiary/aromatic N) is 3. The van der Waals surface area contributed by atoms with Gasteiger partial charge in [0.15, 0.2) is 0 Å². The number of unbranched alkanes of at least 4 members (excludes halogenated alkanes) is 7. The number of aliphatic hydroxyl groups excluding tert-OH is 1. The van der Waals surface area contributed by atoms with Crippen LogP contribution in [-0.4, -0.2) is 80.0 Å². The molecule has 12 heteroatoms. The van der Waals surface area contributed by atoms with Crippen molar-refractivity contribution in [3.8, 4) is 16.2 Å². The smallest absolute Gasteiger partial charge is 0.303 e. The van der Waals surface area contributed by atoms with Crippen LogP contribution in [0, 0.1) is 12.8 Å². The monoisotopic (exact) mass is 732 g/mol. The van der Waals surface area contributed by atoms with Crippen molar-refractivity contribution in [2.75, 3.05) is 13.2 Å². The molecule has 0 aliphatic carbocycles. The molecule has 1 aromatic heterocycles. The van der Waals surface area contributed by atoms with Gasteiger partial charge < -0.3 is 30.1 Å². The van der Waals surface area contributed by atoms with Gasteiger partial charge in [0.05, 0.1) is 28.8 Å². The number of aliphatic hydroxyl groups is 1. The third kappa shape index (κ3) is 9.77. The summed E-state index contributed by atoms with van der Waals surface area (Å²) in [6.45, 7) is 6.82. The van der Waals surface area contributed by atoms with Crippen LogP contribution in [0.3, 0.4) is 0 Å². The van der Waals surface area contributed by atoms with Crippen LogP contribution in [0.25, 0.3) is 10.4 Å². The molecule has 2 aliphatic heterocycles. The van der Waals surface area contributed by atoms with Crippen molar-refractivity contribution >= 4 is 35.0 Å². The van der Waals surface area contributed by atoms with Gasteiger partial charge in [0.25, 0.3) is 5.91 Å². The summed E-state index contributed by atoms with van der Waals surface area (Å²) in [7, 11) is 0. The number of carboxylic acids is 1. The molecule has 1 fully saturated rings. The maximum atomic E-state index is 14.1. The van der Waals surface area contributed by atoms with E-state index >= 15 is 0 Å². The van der Waals surface area contributed by atoms with E-state index < -0.39 is 24.2 Å². The lowest BCUT2D eigenvalue weighted by molar-refractivity contribution is -0.143. The molecule has 0 spiro atoms. The number of β-amino-alcohol motifs (C(OH)–C–C–N with tert-alkyl or cyclic N) is 1. The van der Waals surface area contributed by atoms with Gasteiger partial charge in [-0.05, 0) is 48.9 Å². The highest BCUT2D eigenvalue weighted by atomic mass is 32.1. The number of aryl methyl sites for hydroxylation is 1. The van der Waals surface area contributed by atoms with E-state index in [1.807, 2.05) is 62.7 Å². The van der Waals surface area contributed by atoms with Crippen molar-refractivity contribution in [3.63, 3.8) is 0 Å². The number of thiazole rings is 1. The van der Waals surface area contributed by atoms with Crippen LogP contribution in [0.1, 0.15) is 105 Å². The van der Waals surface area contributed by atoms with E-state index in [4.69, 9.17) is 9.84 Å². The summed E-state index contributed by atoms with van der Waals surface area (Å²) in [5.41, 5.74) is 6.01. The van der Waals surface area contributed by atoms with E-state index in [0.717, 1.165) is 78.6 Å². The zero-order chi connectivity index (χ0) is 37.2. The minimum atomic E-state index is -0.871. The lowest BCUT2D eigenvalue weighted by Gasteiger charge is -2.35. The van der Waals surface area contributed by atoms with Gasteiger partial charge >= 0.3 is 5.97 Å². The standard InChI is InChI=1S/C40H52N4O7S/c1-26(2)36(44-23-30-14-11-12-15-32(30)39(44)49)40(50)43-24-31(45)21-33(43)38(48)41-22-29-18-17-28(37-27(3)42-25-52-37)20-34(29)51-19-13-9-7-5-4-6-8-10-16-35(46)47/h11-12,14-15,17-18,20,25-26,31,33,36,45H,4-10,13,16,19,21-24H2,1-3H3,(H,41,48)(H,46,47)/t31-,33+,36?/m1/s1. The van der Waals surface area contributed by atoms with Gasteiger partial charge in [-0.2, -0.15) is 0 Å². The van der Waals surface area contributed by atoms with Gasteiger partial charge in [0.2, 0.25) is 11.8 Å². The van der Waals surface area contributed by atoms with Crippen LogP contribution in [0.4, 0.5) is 0 Å². The molecule has 3 heterocycles. The molecule has 0 bridgehead atoms. The SMILES string of the molecule is Cc1ncsc1-c1ccc(CNC(=O)[C@@H]2C[C@@H](O)CN2C(=O)C(C(C)C)N2Cc3ccccc3C2=O)c(OCCCCCCCCCCC(=O)O)c1. The Morgan fingerprint density at radius 3 is 2.40 bits per heavy atom. The van der Waals surface area contributed by atoms with Crippen LogP contribution in [0.5, 0.6) is 5.75 Å². The first-order valence-corrected chi connectivity index (χ1v) is 19.5. The predicted octanol–water partition coefficient (Wildman–Crippen LogP) is 6.35. The highest BCUT2D eigenvalue weighted by Gasteiger charge is 2.45. The molecule has 5 rings (SSSR count). The summed E-state index contributed by atoms with van der Waals surface area (Å²) in [6.07, 6.45) is 7.46. The number of hydrogen-bond acceptors (Lipinski definition) is 8. The molecule has 1 unspecified atom stereocenters. The number of carbonyl (C=O) groups excluding carboxylic acids is 3. The van der Waals surface area contributed by atoms with Crippen LogP contribution in [0.2, 0.25) is 0 Å². The topological polar surface area (TPSA) is 149 Å². The largest absolute Gasteiger partial charge is 0.493 e. The van der Waals surface area contributed by atoms with E-state index in [-0.39, 0.29) is 49.6 Å². The molecule has 3 aromatic rings. The summed E-state index contributed by atoms with van der Waals surface area (Å²) in [5, 5.41) is 22.4. The van der Waals surface area contributed by atoms with Crippen molar-refractivity contribution < 1.29 is 34.1 Å². The van der Waals surface area contributed by atoms with Crippen LogP contribution in [0.15, 0.2) is 48.0 Å². The fourth-order valence-electron chi connectivity index (χ4n) is 7.23. The lowest BCUT2D eigenvalue weighted by Crippen LogP contribution is -2.55. The number of nitrogens with one attached hydrogen (secondary N) is 1. The average molecular weight is 733 g/mol. The number of aliphatic carboxylic acids is 1. The second-order valence-corrected chi connectivity index (χ2v) is 15.2. The second kappa shape index (κ2) is 18.5. The fourth-order valence-corrected chi connectivity index (χ4v) is 8.03. The molecule has 2 aliphatic rings. The van der Waals surface area contributed by atoms with E-state index in [9.17, 15) is 24.3 Å². The van der Waals surface area contributed by atoms with Crippen LogP contribution < -0.4 is 10.1 Å². The molecule has 1 saturated heterocycles. The number of ether oxygens (including phenoxy) is 1. The van der Waals surface area contributed by atoms with E-state index in [1.54, 1.807) is 22.3 Å². The number of carboxylic acid groups (broad SMARTS) is 1. The summed E-state index contributed by atoms with van der Waals surface area (Å²) in [4.78, 5) is 60.4. The highest BCUT2D eigenvalue weighted by molar-refractivity contribution is 7.13. The first-order valence-electron chi connectivity index (χ1n) is 18.6. The molecule has 3 amide bonds.